The van der Waals surface area contributed by atoms with E-state index in [9.17, 15) is 14.0 Å². The maximum absolute atomic E-state index is 13.4. The predicted molar refractivity (Wildman–Crippen MR) is 127 cm³/mol. The van der Waals surface area contributed by atoms with Gasteiger partial charge in [0.05, 0.1) is 5.92 Å². The van der Waals surface area contributed by atoms with Crippen LogP contribution in [-0.4, -0.2) is 36.3 Å². The highest BCUT2D eigenvalue weighted by atomic mass is 19.1. The van der Waals surface area contributed by atoms with E-state index >= 15 is 0 Å². The molecule has 5 heteroatoms. The Morgan fingerprint density at radius 3 is 2.27 bits per heavy atom. The third kappa shape index (κ3) is 6.07. The van der Waals surface area contributed by atoms with Crippen LogP contribution in [0.15, 0.2) is 84.9 Å². The van der Waals surface area contributed by atoms with Crippen LogP contribution in [0.1, 0.15) is 35.4 Å². The number of benzene rings is 3. The molecule has 1 aliphatic heterocycles. The molecular formula is C28H29FN2O2. The number of hydrogen-bond donors (Lipinski definition) is 1. The zero-order chi connectivity index (χ0) is 23.0. The lowest BCUT2D eigenvalue weighted by Gasteiger charge is -2.32. The molecular weight excluding hydrogens is 415 g/mol. The van der Waals surface area contributed by atoms with Crippen molar-refractivity contribution in [1.29, 1.82) is 0 Å². The molecule has 1 aliphatic rings. The molecule has 1 fully saturated rings. The second-order valence-electron chi connectivity index (χ2n) is 8.57. The van der Waals surface area contributed by atoms with E-state index < -0.39 is 0 Å². The molecule has 0 bridgehead atoms. The van der Waals surface area contributed by atoms with E-state index in [1.54, 1.807) is 11.0 Å². The van der Waals surface area contributed by atoms with Gasteiger partial charge in [-0.05, 0) is 41.7 Å². The van der Waals surface area contributed by atoms with Crippen molar-refractivity contribution in [3.8, 4) is 0 Å². The van der Waals surface area contributed by atoms with Crippen LogP contribution in [0.4, 0.5) is 4.39 Å². The third-order valence-electron chi connectivity index (χ3n) is 6.31. The van der Waals surface area contributed by atoms with E-state index in [2.05, 4.69) is 29.6 Å². The number of nitrogens with zero attached hydrogens (tertiary/aromatic N) is 1. The van der Waals surface area contributed by atoms with Gasteiger partial charge in [-0.15, -0.1) is 0 Å². The van der Waals surface area contributed by atoms with Crippen molar-refractivity contribution in [1.82, 2.24) is 10.2 Å². The summed E-state index contributed by atoms with van der Waals surface area (Å²) in [7, 11) is 0. The Morgan fingerprint density at radius 2 is 1.64 bits per heavy atom. The molecule has 0 aliphatic carbocycles. The molecule has 3 aromatic rings. The second-order valence-corrected chi connectivity index (χ2v) is 8.57. The number of likely N-dealkylation sites (tertiary alicyclic amines) is 1. The average Bonchev–Trinajstić information content (AvgIpc) is 2.85. The summed E-state index contributed by atoms with van der Waals surface area (Å²) in [5.74, 6) is -0.411. The molecule has 33 heavy (non-hydrogen) atoms. The second kappa shape index (κ2) is 10.9. The van der Waals surface area contributed by atoms with Gasteiger partial charge in [-0.25, -0.2) is 4.39 Å². The Hall–Kier alpha value is -3.47. The molecule has 4 nitrogen and oxygen atoms in total. The van der Waals surface area contributed by atoms with Gasteiger partial charge in [0.25, 0.3) is 0 Å². The lowest BCUT2D eigenvalue weighted by molar-refractivity contribution is -0.138. The molecule has 0 saturated carbocycles. The van der Waals surface area contributed by atoms with E-state index in [-0.39, 0.29) is 29.5 Å². The maximum atomic E-state index is 13.4. The van der Waals surface area contributed by atoms with Gasteiger partial charge in [0.15, 0.2) is 0 Å². The zero-order valence-corrected chi connectivity index (χ0v) is 18.6. The number of halogens is 1. The van der Waals surface area contributed by atoms with Crippen molar-refractivity contribution in [2.75, 3.05) is 19.6 Å². The van der Waals surface area contributed by atoms with E-state index in [4.69, 9.17) is 0 Å². The first kappa shape index (κ1) is 22.7. The summed E-state index contributed by atoms with van der Waals surface area (Å²) in [4.78, 5) is 27.2. The molecule has 1 saturated heterocycles. The first-order valence-electron chi connectivity index (χ1n) is 11.5. The minimum absolute atomic E-state index is 0.0184. The van der Waals surface area contributed by atoms with Gasteiger partial charge in [-0.2, -0.15) is 0 Å². The van der Waals surface area contributed by atoms with Gasteiger partial charge in [-0.1, -0.05) is 72.8 Å². The number of piperidine rings is 1. The quantitative estimate of drug-likeness (QED) is 0.554. The minimum atomic E-state index is -0.277. The first-order chi connectivity index (χ1) is 16.1. The van der Waals surface area contributed by atoms with Gasteiger partial charge < -0.3 is 10.2 Å². The Labute approximate surface area is 194 Å². The van der Waals surface area contributed by atoms with Gasteiger partial charge in [0, 0.05) is 32.0 Å². The van der Waals surface area contributed by atoms with Crippen molar-refractivity contribution in [2.45, 2.75) is 25.2 Å². The highest BCUT2D eigenvalue weighted by Crippen LogP contribution is 2.24. The largest absolute Gasteiger partial charge is 0.355 e. The Bertz CT molecular complexity index is 1030. The Kier molecular flexibility index (Phi) is 7.51. The van der Waals surface area contributed by atoms with Crippen LogP contribution in [-0.2, 0) is 16.0 Å². The highest BCUT2D eigenvalue weighted by molar-refractivity contribution is 5.83. The predicted octanol–water partition coefficient (Wildman–Crippen LogP) is 4.56. The average molecular weight is 445 g/mol. The molecule has 4 rings (SSSR count). The summed E-state index contributed by atoms with van der Waals surface area (Å²) in [5.41, 5.74) is 3.15. The Morgan fingerprint density at radius 1 is 0.970 bits per heavy atom. The van der Waals surface area contributed by atoms with Gasteiger partial charge in [0.1, 0.15) is 5.82 Å². The van der Waals surface area contributed by atoms with E-state index in [0.29, 0.717) is 38.9 Å². The highest BCUT2D eigenvalue weighted by Gasteiger charge is 2.30. The minimum Gasteiger partial charge on any atom is -0.355 e. The molecule has 1 unspecified atom stereocenters. The van der Waals surface area contributed by atoms with Gasteiger partial charge in [0.2, 0.25) is 11.8 Å². The van der Waals surface area contributed by atoms with Crippen molar-refractivity contribution in [3.05, 3.63) is 107 Å². The van der Waals surface area contributed by atoms with Crippen LogP contribution in [0, 0.1) is 11.7 Å². The summed E-state index contributed by atoms with van der Waals surface area (Å²) in [6.07, 6.45) is 1.49. The number of hydrogen-bond acceptors (Lipinski definition) is 2. The van der Waals surface area contributed by atoms with Crippen LogP contribution in [0.5, 0.6) is 0 Å². The van der Waals surface area contributed by atoms with Gasteiger partial charge in [-0.3, -0.25) is 9.59 Å². The number of carbonyl (C=O) groups is 2. The fourth-order valence-electron chi connectivity index (χ4n) is 4.45. The van der Waals surface area contributed by atoms with Crippen molar-refractivity contribution < 1.29 is 14.0 Å². The number of nitrogens with one attached hydrogen (secondary N) is 1. The standard InChI is InChI=1S/C28H29FN2O2/c29-25-13-7-8-21(18-25)16-17-31-20-24(14-15-27(31)32)28(33)30-19-26(22-9-3-1-4-10-22)23-11-5-2-6-12-23/h1-13,18,24,26H,14-17,19-20H2,(H,30,33). The van der Waals surface area contributed by atoms with Crippen LogP contribution in [0.25, 0.3) is 0 Å². The monoisotopic (exact) mass is 444 g/mol. The number of amides is 2. The summed E-state index contributed by atoms with van der Waals surface area (Å²) >= 11 is 0. The third-order valence-corrected chi connectivity index (χ3v) is 6.31. The molecule has 2 amide bonds. The zero-order valence-electron chi connectivity index (χ0n) is 18.6. The van der Waals surface area contributed by atoms with Crippen molar-refractivity contribution in [2.24, 2.45) is 5.92 Å². The van der Waals surface area contributed by atoms with Crippen LogP contribution < -0.4 is 5.32 Å². The molecule has 0 radical (unpaired) electrons. The van der Waals surface area contributed by atoms with Crippen LogP contribution in [0.2, 0.25) is 0 Å². The smallest absolute Gasteiger partial charge is 0.224 e. The number of carbonyl (C=O) groups excluding carboxylic acids is 2. The molecule has 0 spiro atoms. The summed E-state index contributed by atoms with van der Waals surface area (Å²) in [6.45, 7) is 1.39. The van der Waals surface area contributed by atoms with Crippen molar-refractivity contribution in [3.63, 3.8) is 0 Å². The van der Waals surface area contributed by atoms with Crippen LogP contribution in [0.3, 0.4) is 0 Å². The first-order valence-corrected chi connectivity index (χ1v) is 11.5. The van der Waals surface area contributed by atoms with E-state index in [1.807, 2.05) is 42.5 Å². The summed E-state index contributed by atoms with van der Waals surface area (Å²) in [5, 5.41) is 3.14. The molecule has 1 atom stereocenters. The van der Waals surface area contributed by atoms with Crippen LogP contribution >= 0.6 is 0 Å². The maximum Gasteiger partial charge on any atom is 0.224 e. The molecule has 3 aromatic carbocycles. The topological polar surface area (TPSA) is 49.4 Å². The van der Waals surface area contributed by atoms with Crippen molar-refractivity contribution >= 4 is 11.8 Å². The molecule has 1 N–H and O–H groups in total. The normalized spacial score (nSPS) is 16.1. The number of rotatable bonds is 8. The fraction of sp³-hybridized carbons (Fsp3) is 0.286. The van der Waals surface area contributed by atoms with Gasteiger partial charge >= 0.3 is 0 Å². The van der Waals surface area contributed by atoms with E-state index in [1.165, 1.54) is 12.1 Å². The SMILES string of the molecule is O=C(NCC(c1ccccc1)c1ccccc1)C1CCC(=O)N(CCc2cccc(F)c2)C1. The summed E-state index contributed by atoms with van der Waals surface area (Å²) < 4.78 is 13.4. The fourth-order valence-corrected chi connectivity index (χ4v) is 4.45. The molecule has 0 aromatic heterocycles. The lowest BCUT2D eigenvalue weighted by atomic mass is 9.90. The molecule has 170 valence electrons. The molecule has 1 heterocycles. The Balaban J connectivity index is 1.37. The van der Waals surface area contributed by atoms with E-state index in [0.717, 1.165) is 16.7 Å². The summed E-state index contributed by atoms with van der Waals surface area (Å²) in [6, 6.07) is 26.8. The lowest BCUT2D eigenvalue weighted by Crippen LogP contribution is -2.47.